The molecule has 0 aromatic heterocycles. The SMILES string of the molecule is CCCCCCCCCCCCCCCCCCCCCCCCC(=O)O[C@H](COC(=O)CCCCCCCCCCCCCCCCC(C)CC)COP(=O)(O)OC[C@@H](O)COP(=O)(O)OC[C@@H](COC(=O)CCCCCCCCCCCCCC)OC(=O)CCCCCCCCCCCCCCC. The zero-order chi connectivity index (χ0) is 76.9. The Morgan fingerprint density at radius 2 is 0.457 bits per heavy atom. The molecule has 19 heteroatoms. The Labute approximate surface area is 645 Å². The standard InChI is InChI=1S/C86H168O17P2/c1-6-10-13-16-19-22-25-28-29-30-31-32-33-34-35-36-42-47-52-57-62-67-72-86(91)103-82(76-97-84(89)70-65-60-55-50-45-41-38-37-40-43-48-53-58-63-68-79(5)9-4)78-101-105(94,95)99-74-80(87)73-98-104(92,93)100-77-81(75-96-83(88)69-64-59-54-49-44-27-24-21-18-15-12-8-3)102-85(90)71-66-61-56-51-46-39-26-23-20-17-14-11-7-2/h79-82,87H,6-78H2,1-5H3,(H,92,93)(H,94,95)/t79?,80-,81+,82+/m0/s1. The molecule has 0 radical (unpaired) electrons. The van der Waals surface area contributed by atoms with Crippen LogP contribution in [0.2, 0.25) is 0 Å². The zero-order valence-corrected chi connectivity index (χ0v) is 70.7. The highest BCUT2D eigenvalue weighted by atomic mass is 31.2. The van der Waals surface area contributed by atoms with E-state index in [-0.39, 0.29) is 25.7 Å². The molecule has 0 aromatic carbocycles. The van der Waals surface area contributed by atoms with Gasteiger partial charge in [-0.25, -0.2) is 9.13 Å². The first-order valence-electron chi connectivity index (χ1n) is 44.7. The van der Waals surface area contributed by atoms with Gasteiger partial charge >= 0.3 is 39.5 Å². The van der Waals surface area contributed by atoms with Gasteiger partial charge in [0, 0.05) is 25.7 Å². The van der Waals surface area contributed by atoms with Gasteiger partial charge in [0.1, 0.15) is 19.3 Å². The van der Waals surface area contributed by atoms with E-state index in [0.717, 1.165) is 95.8 Å². The number of phosphoric ester groups is 2. The number of hydrogen-bond acceptors (Lipinski definition) is 15. The predicted molar refractivity (Wildman–Crippen MR) is 432 cm³/mol. The van der Waals surface area contributed by atoms with Crippen molar-refractivity contribution in [1.29, 1.82) is 0 Å². The first kappa shape index (κ1) is 103. The molecule has 17 nitrogen and oxygen atoms in total. The van der Waals surface area contributed by atoms with Gasteiger partial charge in [0.25, 0.3) is 0 Å². The predicted octanol–water partition coefficient (Wildman–Crippen LogP) is 26.4. The Morgan fingerprint density at radius 1 is 0.267 bits per heavy atom. The molecule has 0 aromatic rings. The van der Waals surface area contributed by atoms with Gasteiger partial charge in [0.05, 0.1) is 26.4 Å². The Morgan fingerprint density at radius 3 is 0.676 bits per heavy atom. The van der Waals surface area contributed by atoms with E-state index in [2.05, 4.69) is 34.6 Å². The van der Waals surface area contributed by atoms with Gasteiger partial charge in [-0.3, -0.25) is 37.3 Å². The third-order valence-electron chi connectivity index (χ3n) is 20.6. The Bertz CT molecular complexity index is 2000. The van der Waals surface area contributed by atoms with Gasteiger partial charge in [-0.05, 0) is 31.6 Å². The minimum Gasteiger partial charge on any atom is -0.462 e. The maximum absolute atomic E-state index is 13.1. The number of aliphatic hydroxyl groups is 1. The lowest BCUT2D eigenvalue weighted by molar-refractivity contribution is -0.161. The van der Waals surface area contributed by atoms with Gasteiger partial charge in [0.2, 0.25) is 0 Å². The Kier molecular flexibility index (Phi) is 77.3. The topological polar surface area (TPSA) is 237 Å². The van der Waals surface area contributed by atoms with E-state index in [0.29, 0.717) is 25.7 Å². The maximum Gasteiger partial charge on any atom is 0.472 e. The Balaban J connectivity index is 5.23. The second kappa shape index (κ2) is 78.7. The van der Waals surface area contributed by atoms with Crippen molar-refractivity contribution in [2.45, 2.75) is 483 Å². The number of esters is 4. The van der Waals surface area contributed by atoms with Gasteiger partial charge in [-0.1, -0.05) is 413 Å². The average Bonchev–Trinajstić information content (AvgIpc) is 0.909. The first-order chi connectivity index (χ1) is 51.1. The number of unbranched alkanes of at least 4 members (excludes halogenated alkanes) is 57. The molecule has 0 aliphatic carbocycles. The van der Waals surface area contributed by atoms with E-state index >= 15 is 0 Å². The van der Waals surface area contributed by atoms with Crippen molar-refractivity contribution in [2.75, 3.05) is 39.6 Å². The van der Waals surface area contributed by atoms with Crippen LogP contribution in [0.4, 0.5) is 0 Å². The quantitative estimate of drug-likeness (QED) is 0.0222. The van der Waals surface area contributed by atoms with Crippen molar-refractivity contribution >= 4 is 39.5 Å². The molecule has 0 aliphatic heterocycles. The summed E-state index contributed by atoms with van der Waals surface area (Å²) in [5.41, 5.74) is 0. The molecule has 3 unspecified atom stereocenters. The molecule has 0 spiro atoms. The van der Waals surface area contributed by atoms with E-state index in [1.807, 2.05) is 0 Å². The van der Waals surface area contributed by atoms with Crippen molar-refractivity contribution < 1.29 is 80.2 Å². The molecule has 0 amide bonds. The highest BCUT2D eigenvalue weighted by molar-refractivity contribution is 7.47. The molecule has 624 valence electrons. The number of aliphatic hydroxyl groups excluding tert-OH is 1. The monoisotopic (exact) mass is 1540 g/mol. The highest BCUT2D eigenvalue weighted by Gasteiger charge is 2.30. The molecule has 3 N–H and O–H groups in total. The summed E-state index contributed by atoms with van der Waals surface area (Å²) in [4.78, 5) is 73.2. The van der Waals surface area contributed by atoms with Crippen LogP contribution in [0.25, 0.3) is 0 Å². The summed E-state index contributed by atoms with van der Waals surface area (Å²) >= 11 is 0. The summed E-state index contributed by atoms with van der Waals surface area (Å²) in [6.45, 7) is 7.42. The van der Waals surface area contributed by atoms with Crippen molar-refractivity contribution in [3.63, 3.8) is 0 Å². The van der Waals surface area contributed by atoms with Crippen LogP contribution in [0.5, 0.6) is 0 Å². The van der Waals surface area contributed by atoms with E-state index < -0.39 is 97.5 Å². The summed E-state index contributed by atoms with van der Waals surface area (Å²) in [5, 5.41) is 10.7. The van der Waals surface area contributed by atoms with Crippen LogP contribution >= 0.6 is 15.6 Å². The number of carbonyl (C=O) groups is 4. The lowest BCUT2D eigenvalue weighted by Gasteiger charge is -2.21. The zero-order valence-electron chi connectivity index (χ0n) is 68.9. The number of hydrogen-bond donors (Lipinski definition) is 3. The molecular weight excluding hydrogens is 1370 g/mol. The molecule has 0 saturated heterocycles. The van der Waals surface area contributed by atoms with Gasteiger partial charge in [-0.2, -0.15) is 0 Å². The molecule has 0 rings (SSSR count). The normalized spacial score (nSPS) is 14.0. The van der Waals surface area contributed by atoms with E-state index in [1.54, 1.807) is 0 Å². The Hall–Kier alpha value is -1.94. The van der Waals surface area contributed by atoms with Crippen LogP contribution in [-0.4, -0.2) is 96.7 Å². The third kappa shape index (κ3) is 78.5. The van der Waals surface area contributed by atoms with Crippen molar-refractivity contribution in [2.24, 2.45) is 5.92 Å². The molecule has 0 aliphatic rings. The molecule has 0 saturated carbocycles. The van der Waals surface area contributed by atoms with Crippen molar-refractivity contribution in [3.8, 4) is 0 Å². The fraction of sp³-hybridized carbons (Fsp3) is 0.953. The van der Waals surface area contributed by atoms with E-state index in [4.69, 9.17) is 37.0 Å². The van der Waals surface area contributed by atoms with Crippen LogP contribution < -0.4 is 0 Å². The third-order valence-corrected chi connectivity index (χ3v) is 22.5. The fourth-order valence-electron chi connectivity index (χ4n) is 13.4. The molecule has 0 heterocycles. The summed E-state index contributed by atoms with van der Waals surface area (Å²) in [6, 6.07) is 0. The summed E-state index contributed by atoms with van der Waals surface area (Å²) in [6.07, 6.45) is 72.1. The lowest BCUT2D eigenvalue weighted by Crippen LogP contribution is -2.30. The number of rotatable bonds is 86. The van der Waals surface area contributed by atoms with Gasteiger partial charge in [-0.15, -0.1) is 0 Å². The largest absolute Gasteiger partial charge is 0.472 e. The minimum absolute atomic E-state index is 0.108. The summed E-state index contributed by atoms with van der Waals surface area (Å²) < 4.78 is 68.9. The van der Waals surface area contributed by atoms with Crippen LogP contribution in [0.3, 0.4) is 0 Å². The van der Waals surface area contributed by atoms with Gasteiger partial charge < -0.3 is 33.8 Å². The lowest BCUT2D eigenvalue weighted by atomic mass is 9.99. The first-order valence-corrected chi connectivity index (χ1v) is 47.7. The molecule has 6 atom stereocenters. The van der Waals surface area contributed by atoms with Crippen molar-refractivity contribution in [1.82, 2.24) is 0 Å². The second-order valence-electron chi connectivity index (χ2n) is 31.2. The van der Waals surface area contributed by atoms with Crippen LogP contribution in [0, 0.1) is 5.92 Å². The van der Waals surface area contributed by atoms with Crippen LogP contribution in [0.1, 0.15) is 465 Å². The van der Waals surface area contributed by atoms with Gasteiger partial charge in [0.15, 0.2) is 12.2 Å². The average molecular weight is 1540 g/mol. The fourth-order valence-corrected chi connectivity index (χ4v) is 15.0. The van der Waals surface area contributed by atoms with E-state index in [1.165, 1.54) is 289 Å². The van der Waals surface area contributed by atoms with Crippen molar-refractivity contribution in [3.05, 3.63) is 0 Å². The van der Waals surface area contributed by atoms with E-state index in [9.17, 15) is 43.2 Å². The summed E-state index contributed by atoms with van der Waals surface area (Å²) in [5.74, 6) is -1.25. The maximum atomic E-state index is 13.1. The second-order valence-corrected chi connectivity index (χ2v) is 34.1. The number of phosphoric acid groups is 2. The van der Waals surface area contributed by atoms with Crippen LogP contribution in [-0.2, 0) is 65.4 Å². The molecule has 105 heavy (non-hydrogen) atoms. The number of ether oxygens (including phenoxy) is 4. The summed E-state index contributed by atoms with van der Waals surface area (Å²) in [7, 11) is -9.93. The number of carbonyl (C=O) groups excluding carboxylic acids is 4. The molecular formula is C86H168O17P2. The highest BCUT2D eigenvalue weighted by Crippen LogP contribution is 2.45. The minimum atomic E-state index is -4.97. The van der Waals surface area contributed by atoms with Crippen LogP contribution in [0.15, 0.2) is 0 Å². The smallest absolute Gasteiger partial charge is 0.462 e. The molecule has 0 fully saturated rings. The molecule has 0 bridgehead atoms.